The van der Waals surface area contributed by atoms with Gasteiger partial charge in [0.15, 0.2) is 0 Å². The van der Waals surface area contributed by atoms with Crippen molar-refractivity contribution in [3.63, 3.8) is 0 Å². The molecule has 2 fully saturated rings. The first-order valence-corrected chi connectivity index (χ1v) is 9.92. The highest BCUT2D eigenvalue weighted by molar-refractivity contribution is 6.21. The molecule has 2 aliphatic heterocycles. The summed E-state index contributed by atoms with van der Waals surface area (Å²) < 4.78 is 4.99. The molecule has 0 saturated carbocycles. The van der Waals surface area contributed by atoms with E-state index in [0.29, 0.717) is 5.69 Å². The molecule has 4 amide bonds. The summed E-state index contributed by atoms with van der Waals surface area (Å²) in [5, 5.41) is 21.1. The van der Waals surface area contributed by atoms with Gasteiger partial charge in [0.25, 0.3) is 11.4 Å². The largest absolute Gasteiger partial charge is 0.494 e. The summed E-state index contributed by atoms with van der Waals surface area (Å²) in [5.41, 5.74) is 0.409. The minimum atomic E-state index is -0.570. The Kier molecular flexibility index (Phi) is 6.95. The predicted octanol–water partition coefficient (Wildman–Crippen LogP) is 2.51. The molecule has 0 bridgehead atoms. The fourth-order valence-corrected chi connectivity index (χ4v) is 3.40. The molecule has 0 radical (unpaired) electrons. The van der Waals surface area contributed by atoms with Gasteiger partial charge in [-0.3, -0.25) is 44.3 Å². The molecule has 176 valence electrons. The van der Waals surface area contributed by atoms with E-state index in [-0.39, 0.29) is 72.1 Å². The molecule has 13 nitrogen and oxygen atoms in total. The van der Waals surface area contributed by atoms with Crippen LogP contribution in [0.25, 0.3) is 0 Å². The molecule has 0 unspecified atom stereocenters. The highest BCUT2D eigenvalue weighted by atomic mass is 16.6. The fourth-order valence-electron chi connectivity index (χ4n) is 3.40. The third-order valence-electron chi connectivity index (χ3n) is 5.04. The van der Waals surface area contributed by atoms with E-state index < -0.39 is 9.85 Å². The zero-order chi connectivity index (χ0) is 25.0. The van der Waals surface area contributed by atoms with Crippen LogP contribution in [-0.4, -0.2) is 40.6 Å². The fraction of sp³-hybridized carbons (Fsp3) is 0.238. The van der Waals surface area contributed by atoms with Gasteiger partial charge in [-0.1, -0.05) is 0 Å². The van der Waals surface area contributed by atoms with Gasteiger partial charge in [0.1, 0.15) is 5.75 Å². The maximum Gasteiger partial charge on any atom is 0.273 e. The summed E-state index contributed by atoms with van der Waals surface area (Å²) in [7, 11) is 1.33. The van der Waals surface area contributed by atoms with Crippen LogP contribution in [0.3, 0.4) is 0 Å². The molecule has 0 spiro atoms. The number of anilines is 2. The van der Waals surface area contributed by atoms with Crippen LogP contribution < -0.4 is 14.5 Å². The highest BCUT2D eigenvalue weighted by Crippen LogP contribution is 2.34. The minimum absolute atomic E-state index is 0.0668. The van der Waals surface area contributed by atoms with E-state index in [1.165, 1.54) is 49.6 Å². The molecular weight excluding hydrogens is 452 g/mol. The normalized spacial score (nSPS) is 15.3. The second kappa shape index (κ2) is 9.85. The molecule has 4 rings (SSSR count). The number of hydrogen-bond acceptors (Lipinski definition) is 9. The van der Waals surface area contributed by atoms with Crippen LogP contribution >= 0.6 is 0 Å². The molecule has 2 heterocycles. The Morgan fingerprint density at radius 2 is 1.15 bits per heavy atom. The van der Waals surface area contributed by atoms with Crippen LogP contribution in [0.15, 0.2) is 42.5 Å². The number of hydrogen-bond donors (Lipinski definition) is 0. The maximum atomic E-state index is 11.6. The first-order valence-electron chi connectivity index (χ1n) is 9.92. The number of carbonyl (C=O) groups excluding carboxylic acids is 4. The lowest BCUT2D eigenvalue weighted by Crippen LogP contribution is -2.28. The van der Waals surface area contributed by atoms with Crippen molar-refractivity contribution in [3.05, 3.63) is 62.7 Å². The van der Waals surface area contributed by atoms with Gasteiger partial charge in [-0.15, -0.1) is 0 Å². The van der Waals surface area contributed by atoms with Gasteiger partial charge < -0.3 is 4.74 Å². The first-order chi connectivity index (χ1) is 16.1. The number of rotatable bonds is 5. The van der Waals surface area contributed by atoms with E-state index in [4.69, 9.17) is 4.74 Å². The summed E-state index contributed by atoms with van der Waals surface area (Å²) in [6, 6.07) is 9.12. The van der Waals surface area contributed by atoms with E-state index in [1.807, 2.05) is 0 Å². The molecule has 2 saturated heterocycles. The molecule has 13 heteroatoms. The number of methoxy groups -OCH3 is 1. The molecule has 2 aromatic carbocycles. The smallest absolute Gasteiger partial charge is 0.273 e. The third-order valence-corrected chi connectivity index (χ3v) is 5.04. The lowest BCUT2D eigenvalue weighted by molar-refractivity contribution is -0.385. The Hall–Kier alpha value is -4.68. The van der Waals surface area contributed by atoms with Gasteiger partial charge in [-0.2, -0.15) is 0 Å². The molecule has 0 N–H and O–H groups in total. The van der Waals surface area contributed by atoms with Gasteiger partial charge in [-0.05, 0) is 18.2 Å². The Bertz CT molecular complexity index is 1160. The predicted molar refractivity (Wildman–Crippen MR) is 116 cm³/mol. The standard InChI is InChI=1S/C11H10N2O5.C10H8N2O4/c1-18-9-6-7(13(16)17)2-3-8(9)12-10(14)4-5-11(12)15;13-9-5-6-10(14)11(9)7-1-3-8(4-2-7)12(15)16/h2-3,6H,4-5H2,1H3;1-4H,5-6H2. The second-order valence-corrected chi connectivity index (χ2v) is 7.13. The van der Waals surface area contributed by atoms with E-state index in [9.17, 15) is 39.4 Å². The van der Waals surface area contributed by atoms with Gasteiger partial charge >= 0.3 is 0 Å². The van der Waals surface area contributed by atoms with Crippen molar-refractivity contribution in [2.45, 2.75) is 25.7 Å². The van der Waals surface area contributed by atoms with Crippen molar-refractivity contribution in [3.8, 4) is 5.75 Å². The van der Waals surface area contributed by atoms with E-state index in [1.54, 1.807) is 0 Å². The SMILES string of the molecule is COc1cc([N+](=O)[O-])ccc1N1C(=O)CCC1=O.O=C1CCC(=O)N1c1ccc([N+](=O)[O-])cc1. The molecule has 34 heavy (non-hydrogen) atoms. The number of benzene rings is 2. The van der Waals surface area contributed by atoms with Crippen molar-refractivity contribution < 1.29 is 33.8 Å². The monoisotopic (exact) mass is 470 g/mol. The van der Waals surface area contributed by atoms with Gasteiger partial charge in [0.05, 0.1) is 34.4 Å². The topological polar surface area (TPSA) is 170 Å². The van der Waals surface area contributed by atoms with Crippen molar-refractivity contribution in [2.75, 3.05) is 16.9 Å². The molecule has 0 aromatic heterocycles. The molecule has 2 aliphatic rings. The number of non-ortho nitro benzene ring substituents is 2. The van der Waals surface area contributed by atoms with Crippen LogP contribution in [-0.2, 0) is 19.2 Å². The molecule has 0 aliphatic carbocycles. The van der Waals surface area contributed by atoms with E-state index >= 15 is 0 Å². The number of nitro benzene ring substituents is 2. The molecular formula is C21H18N4O9. The van der Waals surface area contributed by atoms with Gasteiger partial charge in [-0.25, -0.2) is 4.90 Å². The molecule has 0 atom stereocenters. The van der Waals surface area contributed by atoms with Crippen molar-refractivity contribution in [1.29, 1.82) is 0 Å². The first kappa shape index (κ1) is 24.0. The van der Waals surface area contributed by atoms with Crippen molar-refractivity contribution in [1.82, 2.24) is 0 Å². The summed E-state index contributed by atoms with van der Waals surface area (Å²) >= 11 is 0. The minimum Gasteiger partial charge on any atom is -0.494 e. The number of carbonyl (C=O) groups is 4. The van der Waals surface area contributed by atoms with Crippen LogP contribution in [0, 0.1) is 20.2 Å². The summed E-state index contributed by atoms with van der Waals surface area (Å²) in [6.45, 7) is 0. The molecule has 2 aromatic rings. The lowest BCUT2D eigenvalue weighted by Gasteiger charge is -2.16. The van der Waals surface area contributed by atoms with Crippen LogP contribution in [0.2, 0.25) is 0 Å². The number of amides is 4. The average Bonchev–Trinajstić information content (AvgIpc) is 3.33. The van der Waals surface area contributed by atoms with Crippen LogP contribution in [0.1, 0.15) is 25.7 Å². The number of nitrogens with zero attached hydrogens (tertiary/aromatic N) is 4. The van der Waals surface area contributed by atoms with E-state index in [0.717, 1.165) is 9.80 Å². The van der Waals surface area contributed by atoms with Gasteiger partial charge in [0, 0.05) is 43.9 Å². The Morgan fingerprint density at radius 1 is 0.706 bits per heavy atom. The van der Waals surface area contributed by atoms with Crippen LogP contribution in [0.4, 0.5) is 22.7 Å². The van der Waals surface area contributed by atoms with E-state index in [2.05, 4.69) is 0 Å². The second-order valence-electron chi connectivity index (χ2n) is 7.13. The Balaban J connectivity index is 0.000000192. The quantitative estimate of drug-likeness (QED) is 0.362. The zero-order valence-corrected chi connectivity index (χ0v) is 17.8. The third kappa shape index (κ3) is 4.87. The maximum absolute atomic E-state index is 11.6. The zero-order valence-electron chi connectivity index (χ0n) is 17.8. The Morgan fingerprint density at radius 3 is 1.59 bits per heavy atom. The van der Waals surface area contributed by atoms with Crippen molar-refractivity contribution in [2.24, 2.45) is 0 Å². The average molecular weight is 470 g/mol. The van der Waals surface area contributed by atoms with Crippen LogP contribution in [0.5, 0.6) is 5.75 Å². The van der Waals surface area contributed by atoms with Crippen molar-refractivity contribution >= 4 is 46.4 Å². The number of ether oxygens (including phenoxy) is 1. The number of imide groups is 2. The number of nitro groups is 2. The lowest BCUT2D eigenvalue weighted by atomic mass is 10.2. The summed E-state index contributed by atoms with van der Waals surface area (Å²) in [5.74, 6) is -1.05. The highest BCUT2D eigenvalue weighted by Gasteiger charge is 2.33. The summed E-state index contributed by atoms with van der Waals surface area (Å²) in [4.78, 5) is 67.9. The Labute approximate surface area is 191 Å². The van der Waals surface area contributed by atoms with Gasteiger partial charge in [0.2, 0.25) is 23.6 Å². The summed E-state index contributed by atoms with van der Waals surface area (Å²) in [6.07, 6.45) is 0.712.